The van der Waals surface area contributed by atoms with Crippen LogP contribution >= 0.6 is 0 Å². The molecule has 2 aliphatic rings. The maximum absolute atomic E-state index is 13.2. The van der Waals surface area contributed by atoms with Crippen molar-refractivity contribution in [1.82, 2.24) is 4.90 Å². The van der Waals surface area contributed by atoms with Crippen molar-refractivity contribution in [3.63, 3.8) is 0 Å². The fraction of sp³-hybridized carbons (Fsp3) is 0.864. The van der Waals surface area contributed by atoms with Gasteiger partial charge in [0.25, 0.3) is 5.91 Å². The van der Waals surface area contributed by atoms with E-state index < -0.39 is 6.29 Å². The first-order chi connectivity index (χ1) is 12.9. The third kappa shape index (κ3) is 6.21. The van der Waals surface area contributed by atoms with Crippen LogP contribution in [-0.2, 0) is 14.3 Å². The zero-order chi connectivity index (χ0) is 19.9. The predicted molar refractivity (Wildman–Crippen MR) is 107 cm³/mol. The Hall–Kier alpha value is -1.07. The van der Waals surface area contributed by atoms with Gasteiger partial charge in [0.05, 0.1) is 0 Å². The third-order valence-corrected chi connectivity index (χ3v) is 5.77. The van der Waals surface area contributed by atoms with Crippen LogP contribution in [0, 0.1) is 17.3 Å². The minimum atomic E-state index is -0.426. The van der Waals surface area contributed by atoms with Crippen LogP contribution in [0.5, 0.6) is 0 Å². The molecule has 27 heavy (non-hydrogen) atoms. The molecule has 2 heterocycles. The lowest BCUT2D eigenvalue weighted by molar-refractivity contribution is -0.182. The molecule has 0 bridgehead atoms. The van der Waals surface area contributed by atoms with Crippen LogP contribution in [0.2, 0.25) is 0 Å². The Bertz CT molecular complexity index is 489. The zero-order valence-electron chi connectivity index (χ0n) is 17.7. The Morgan fingerprint density at radius 2 is 1.85 bits per heavy atom. The van der Waals surface area contributed by atoms with Crippen LogP contribution in [0.3, 0.4) is 0 Å². The van der Waals surface area contributed by atoms with Crippen molar-refractivity contribution in [3.05, 3.63) is 11.8 Å². The minimum absolute atomic E-state index is 0.0106. The average Bonchev–Trinajstić information content (AvgIpc) is 2.58. The summed E-state index contributed by atoms with van der Waals surface area (Å²) in [7, 11) is 0. The molecule has 0 aliphatic carbocycles. The summed E-state index contributed by atoms with van der Waals surface area (Å²) in [5.74, 6) is 0.773. The molecule has 0 radical (unpaired) electrons. The summed E-state index contributed by atoms with van der Waals surface area (Å²) in [6, 6.07) is 0. The average molecular weight is 382 g/mol. The zero-order valence-corrected chi connectivity index (χ0v) is 17.7. The number of aliphatic hydroxyl groups excluding tert-OH is 1. The molecule has 0 unspecified atom stereocenters. The van der Waals surface area contributed by atoms with Crippen molar-refractivity contribution in [3.8, 4) is 0 Å². The summed E-state index contributed by atoms with van der Waals surface area (Å²) in [6.45, 7) is 10.9. The third-order valence-electron chi connectivity index (χ3n) is 5.77. The smallest absolute Gasteiger partial charge is 0.288 e. The molecule has 5 nitrogen and oxygen atoms in total. The molecule has 156 valence electrons. The number of hydrogen-bond acceptors (Lipinski definition) is 4. The fourth-order valence-corrected chi connectivity index (χ4v) is 4.29. The van der Waals surface area contributed by atoms with E-state index in [0.717, 1.165) is 32.4 Å². The van der Waals surface area contributed by atoms with Gasteiger partial charge < -0.3 is 19.5 Å². The number of hydrogen-bond donors (Lipinski definition) is 1. The topological polar surface area (TPSA) is 59.0 Å². The summed E-state index contributed by atoms with van der Waals surface area (Å²) in [5.41, 5.74) is -0.0128. The first kappa shape index (κ1) is 22.2. The second-order valence-corrected chi connectivity index (χ2v) is 8.95. The summed E-state index contributed by atoms with van der Waals surface area (Å²) >= 11 is 0. The van der Waals surface area contributed by atoms with Gasteiger partial charge in [-0.2, -0.15) is 0 Å². The molecule has 0 spiro atoms. The van der Waals surface area contributed by atoms with Gasteiger partial charge in [-0.15, -0.1) is 0 Å². The number of carbonyl (C=O) groups excluding carboxylic acids is 1. The Balaban J connectivity index is 2.25. The minimum Gasteiger partial charge on any atom is -0.459 e. The fourth-order valence-electron chi connectivity index (χ4n) is 4.29. The number of rotatable bonds is 6. The highest BCUT2D eigenvalue weighted by atomic mass is 16.7. The molecule has 0 aromatic rings. The molecule has 0 aromatic carbocycles. The number of likely N-dealkylation sites (tertiary alicyclic amines) is 1. The van der Waals surface area contributed by atoms with Gasteiger partial charge in [0.2, 0.25) is 6.29 Å². The number of allylic oxidation sites excluding steroid dienone is 1. The Kier molecular flexibility index (Phi) is 8.62. The van der Waals surface area contributed by atoms with E-state index in [9.17, 15) is 9.90 Å². The van der Waals surface area contributed by atoms with Crippen LogP contribution in [0.15, 0.2) is 11.8 Å². The van der Waals surface area contributed by atoms with Crippen molar-refractivity contribution in [2.75, 3.05) is 26.3 Å². The Morgan fingerprint density at radius 3 is 2.41 bits per heavy atom. The van der Waals surface area contributed by atoms with E-state index >= 15 is 0 Å². The molecular weight excluding hydrogens is 342 g/mol. The maximum atomic E-state index is 13.2. The first-order valence-electron chi connectivity index (χ1n) is 10.8. The van der Waals surface area contributed by atoms with Crippen LogP contribution in [0.25, 0.3) is 0 Å². The molecule has 1 fully saturated rings. The van der Waals surface area contributed by atoms with Crippen molar-refractivity contribution in [2.24, 2.45) is 17.3 Å². The molecule has 1 N–H and O–H groups in total. The highest BCUT2D eigenvalue weighted by Crippen LogP contribution is 2.43. The van der Waals surface area contributed by atoms with Gasteiger partial charge >= 0.3 is 0 Å². The number of aliphatic hydroxyl groups is 1. The second kappa shape index (κ2) is 10.5. The largest absolute Gasteiger partial charge is 0.459 e. The van der Waals surface area contributed by atoms with Gasteiger partial charge in [-0.1, -0.05) is 40.0 Å². The predicted octanol–water partition coefficient (Wildman–Crippen LogP) is 4.11. The standard InChI is InChI=1S/C22H39NO4/c1-5-26-21-17(12-11-15-24)18(22(2,3)4)16-19(27-21)20(25)23-13-9-7-6-8-10-14-23/h16-18,21,24H,5-15H2,1-4H3/t17-,18+,21-/m1/s1. The normalized spacial score (nSPS) is 27.4. The van der Waals surface area contributed by atoms with E-state index in [2.05, 4.69) is 20.8 Å². The molecule has 1 saturated heterocycles. The lowest BCUT2D eigenvalue weighted by Crippen LogP contribution is -2.44. The van der Waals surface area contributed by atoms with E-state index in [0.29, 0.717) is 18.8 Å². The van der Waals surface area contributed by atoms with Crippen LogP contribution < -0.4 is 0 Å². The monoisotopic (exact) mass is 381 g/mol. The number of carbonyl (C=O) groups is 1. The van der Waals surface area contributed by atoms with Crippen molar-refractivity contribution >= 4 is 5.91 Å². The SMILES string of the molecule is CCO[C@@H]1OC(C(=O)N2CCCCCCC2)=C[C@H](C(C)(C)C)[C@H]1CCCO. The van der Waals surface area contributed by atoms with Crippen LogP contribution in [-0.4, -0.2) is 48.5 Å². The lowest BCUT2D eigenvalue weighted by Gasteiger charge is -2.43. The van der Waals surface area contributed by atoms with Gasteiger partial charge in [-0.3, -0.25) is 4.79 Å². The molecule has 3 atom stereocenters. The van der Waals surface area contributed by atoms with Crippen molar-refractivity contribution in [2.45, 2.75) is 78.9 Å². The summed E-state index contributed by atoms with van der Waals surface area (Å²) in [5, 5.41) is 9.30. The van der Waals surface area contributed by atoms with E-state index in [1.165, 1.54) is 19.3 Å². The molecule has 0 aromatic heterocycles. The quantitative estimate of drug-likeness (QED) is 0.752. The van der Waals surface area contributed by atoms with E-state index in [1.807, 2.05) is 17.9 Å². The van der Waals surface area contributed by atoms with Gasteiger partial charge in [-0.05, 0) is 50.0 Å². The van der Waals surface area contributed by atoms with E-state index in [1.54, 1.807) is 0 Å². The molecule has 2 rings (SSSR count). The van der Waals surface area contributed by atoms with Gasteiger partial charge in [-0.25, -0.2) is 0 Å². The molecule has 5 heteroatoms. The number of ether oxygens (including phenoxy) is 2. The van der Waals surface area contributed by atoms with Crippen molar-refractivity contribution < 1.29 is 19.4 Å². The highest BCUT2D eigenvalue weighted by Gasteiger charge is 2.42. The molecule has 1 amide bonds. The molecule has 0 saturated carbocycles. The van der Waals surface area contributed by atoms with Crippen molar-refractivity contribution in [1.29, 1.82) is 0 Å². The first-order valence-corrected chi connectivity index (χ1v) is 10.8. The number of nitrogens with zero attached hydrogens (tertiary/aromatic N) is 1. The van der Waals surface area contributed by atoms with Crippen LogP contribution in [0.4, 0.5) is 0 Å². The second-order valence-electron chi connectivity index (χ2n) is 8.95. The van der Waals surface area contributed by atoms with Gasteiger partial charge in [0.15, 0.2) is 5.76 Å². The highest BCUT2D eigenvalue weighted by molar-refractivity contribution is 5.91. The van der Waals surface area contributed by atoms with E-state index in [4.69, 9.17) is 9.47 Å². The van der Waals surface area contributed by atoms with Gasteiger partial charge in [0, 0.05) is 32.2 Å². The number of amides is 1. The summed E-state index contributed by atoms with van der Waals surface area (Å²) in [6.07, 6.45) is 8.94. The molecular formula is C22H39NO4. The van der Waals surface area contributed by atoms with Gasteiger partial charge in [0.1, 0.15) is 0 Å². The Morgan fingerprint density at radius 1 is 1.22 bits per heavy atom. The van der Waals surface area contributed by atoms with Crippen LogP contribution in [0.1, 0.15) is 72.6 Å². The molecule has 2 aliphatic heterocycles. The maximum Gasteiger partial charge on any atom is 0.288 e. The lowest BCUT2D eigenvalue weighted by atomic mass is 9.70. The summed E-state index contributed by atoms with van der Waals surface area (Å²) < 4.78 is 12.0. The van der Waals surface area contributed by atoms with E-state index in [-0.39, 0.29) is 29.8 Å². The Labute approximate surface area is 165 Å². The summed E-state index contributed by atoms with van der Waals surface area (Å²) in [4.78, 5) is 15.2.